The summed E-state index contributed by atoms with van der Waals surface area (Å²) < 4.78 is 30.6. The summed E-state index contributed by atoms with van der Waals surface area (Å²) in [5.41, 5.74) is 4.96. The van der Waals surface area contributed by atoms with Crippen LogP contribution >= 0.6 is 0 Å². The van der Waals surface area contributed by atoms with Gasteiger partial charge in [0, 0.05) is 38.9 Å². The summed E-state index contributed by atoms with van der Waals surface area (Å²) in [6.07, 6.45) is 5.18. The Balaban J connectivity index is 2.06. The van der Waals surface area contributed by atoms with Crippen molar-refractivity contribution in [2.45, 2.75) is 13.8 Å². The Morgan fingerprint density at radius 3 is 2.86 bits per heavy atom. The standard InChI is InChI=1S/C19H17N2O/c1-12-4-6-15(21(3)11-12)18-13(2)5-7-17-19(18)14-10-20-9-8-16(14)22-17/h4-11H,1-3H3/q+1/i1D3. The lowest BCUT2D eigenvalue weighted by atomic mass is 9.98. The second-order valence-corrected chi connectivity index (χ2v) is 5.52. The van der Waals surface area contributed by atoms with Gasteiger partial charge in [0.05, 0.1) is 5.56 Å². The van der Waals surface area contributed by atoms with Crippen molar-refractivity contribution in [2.24, 2.45) is 7.05 Å². The van der Waals surface area contributed by atoms with Gasteiger partial charge < -0.3 is 4.42 Å². The quantitative estimate of drug-likeness (QED) is 0.495. The summed E-state index contributed by atoms with van der Waals surface area (Å²) in [7, 11) is 1.86. The first-order chi connectivity index (χ1) is 11.9. The molecule has 0 aliphatic carbocycles. The minimum atomic E-state index is -2.12. The molecule has 0 spiro atoms. The molecule has 0 bridgehead atoms. The van der Waals surface area contributed by atoms with Gasteiger partial charge in [0.15, 0.2) is 6.20 Å². The lowest BCUT2D eigenvalue weighted by molar-refractivity contribution is -0.660. The van der Waals surface area contributed by atoms with E-state index in [1.165, 1.54) is 0 Å². The van der Waals surface area contributed by atoms with Gasteiger partial charge in [0.25, 0.3) is 0 Å². The van der Waals surface area contributed by atoms with Crippen molar-refractivity contribution in [3.8, 4) is 11.3 Å². The molecule has 0 unspecified atom stereocenters. The average molecular weight is 292 g/mol. The average Bonchev–Trinajstić information content (AvgIpc) is 2.93. The summed E-state index contributed by atoms with van der Waals surface area (Å²) >= 11 is 0. The molecule has 3 nitrogen and oxygen atoms in total. The molecular formula is C19H17N2O+. The van der Waals surface area contributed by atoms with E-state index in [2.05, 4.69) is 4.98 Å². The fourth-order valence-electron chi connectivity index (χ4n) is 3.01. The lowest BCUT2D eigenvalue weighted by Crippen LogP contribution is -2.31. The van der Waals surface area contributed by atoms with Crippen LogP contribution in [-0.2, 0) is 7.05 Å². The first-order valence-electron chi connectivity index (χ1n) is 8.62. The lowest BCUT2D eigenvalue weighted by Gasteiger charge is -2.06. The van der Waals surface area contributed by atoms with Gasteiger partial charge in [0.1, 0.15) is 18.2 Å². The fourth-order valence-corrected chi connectivity index (χ4v) is 3.01. The zero-order valence-electron chi connectivity index (χ0n) is 15.4. The topological polar surface area (TPSA) is 29.9 Å². The van der Waals surface area contributed by atoms with E-state index in [4.69, 9.17) is 8.53 Å². The van der Waals surface area contributed by atoms with Crippen LogP contribution in [0, 0.1) is 13.8 Å². The molecule has 0 aliphatic rings. The van der Waals surface area contributed by atoms with E-state index in [1.54, 1.807) is 24.7 Å². The van der Waals surface area contributed by atoms with Gasteiger partial charge in [-0.25, -0.2) is 4.57 Å². The van der Waals surface area contributed by atoms with Crippen LogP contribution in [0.15, 0.2) is 53.3 Å². The number of aryl methyl sites for hydroxylation is 3. The fraction of sp³-hybridized carbons (Fsp3) is 0.158. The van der Waals surface area contributed by atoms with Crippen LogP contribution in [0.3, 0.4) is 0 Å². The van der Waals surface area contributed by atoms with Crippen molar-refractivity contribution in [2.75, 3.05) is 0 Å². The molecule has 4 rings (SSSR count). The third kappa shape index (κ3) is 1.82. The van der Waals surface area contributed by atoms with E-state index in [-0.39, 0.29) is 0 Å². The maximum atomic E-state index is 7.60. The molecule has 0 atom stereocenters. The maximum Gasteiger partial charge on any atom is 0.213 e. The van der Waals surface area contributed by atoms with Crippen LogP contribution in [0.5, 0.6) is 0 Å². The van der Waals surface area contributed by atoms with Crippen LogP contribution in [0.4, 0.5) is 0 Å². The molecule has 3 aromatic heterocycles. The van der Waals surface area contributed by atoms with Gasteiger partial charge in [0.2, 0.25) is 5.69 Å². The zero-order chi connectivity index (χ0) is 17.8. The Kier molecular flexibility index (Phi) is 2.15. The predicted molar refractivity (Wildman–Crippen MR) is 87.6 cm³/mol. The van der Waals surface area contributed by atoms with Crippen molar-refractivity contribution >= 4 is 21.9 Å². The van der Waals surface area contributed by atoms with E-state index in [0.29, 0.717) is 5.56 Å². The van der Waals surface area contributed by atoms with E-state index < -0.39 is 6.85 Å². The van der Waals surface area contributed by atoms with Crippen LogP contribution in [0.2, 0.25) is 0 Å². The summed E-state index contributed by atoms with van der Waals surface area (Å²) in [4.78, 5) is 4.23. The second kappa shape index (κ2) is 4.67. The van der Waals surface area contributed by atoms with Gasteiger partial charge in [-0.1, -0.05) is 6.07 Å². The van der Waals surface area contributed by atoms with Crippen molar-refractivity contribution in [1.29, 1.82) is 0 Å². The van der Waals surface area contributed by atoms with Crippen LogP contribution in [0.1, 0.15) is 15.2 Å². The highest BCUT2D eigenvalue weighted by molar-refractivity contribution is 6.12. The van der Waals surface area contributed by atoms with Crippen LogP contribution in [0.25, 0.3) is 33.2 Å². The molecule has 3 heterocycles. The molecular weight excluding hydrogens is 272 g/mol. The van der Waals surface area contributed by atoms with E-state index in [0.717, 1.165) is 38.8 Å². The van der Waals surface area contributed by atoms with Gasteiger partial charge in [-0.2, -0.15) is 0 Å². The van der Waals surface area contributed by atoms with Crippen LogP contribution < -0.4 is 4.57 Å². The smallest absolute Gasteiger partial charge is 0.213 e. The highest BCUT2D eigenvalue weighted by atomic mass is 16.3. The Hall–Kier alpha value is -2.68. The van der Waals surface area contributed by atoms with Crippen molar-refractivity contribution in [3.05, 3.63) is 60.0 Å². The van der Waals surface area contributed by atoms with Crippen molar-refractivity contribution in [1.82, 2.24) is 4.98 Å². The number of hydrogen-bond acceptors (Lipinski definition) is 2. The zero-order valence-corrected chi connectivity index (χ0v) is 12.4. The molecule has 108 valence electrons. The summed E-state index contributed by atoms with van der Waals surface area (Å²) in [5.74, 6) is 0. The maximum absolute atomic E-state index is 7.60. The third-order valence-electron chi connectivity index (χ3n) is 4.04. The number of benzene rings is 1. The minimum Gasteiger partial charge on any atom is -0.456 e. The molecule has 0 saturated heterocycles. The molecule has 0 N–H and O–H groups in total. The number of fused-ring (bicyclic) bond motifs is 3. The first kappa shape index (κ1) is 10.1. The molecule has 4 aromatic rings. The number of aromatic nitrogens is 2. The Morgan fingerprint density at radius 1 is 1.14 bits per heavy atom. The normalized spacial score (nSPS) is 14.0. The summed E-state index contributed by atoms with van der Waals surface area (Å²) in [6.45, 7) is -0.0781. The van der Waals surface area contributed by atoms with Gasteiger partial charge >= 0.3 is 0 Å². The van der Waals surface area contributed by atoms with Gasteiger partial charge in [-0.05, 0) is 37.5 Å². The second-order valence-electron chi connectivity index (χ2n) is 5.52. The number of pyridine rings is 2. The highest BCUT2D eigenvalue weighted by Crippen LogP contribution is 2.37. The molecule has 1 aromatic carbocycles. The number of furan rings is 1. The first-order valence-corrected chi connectivity index (χ1v) is 7.12. The summed E-state index contributed by atoms with van der Waals surface area (Å²) in [5, 5.41) is 1.96. The third-order valence-corrected chi connectivity index (χ3v) is 4.04. The molecule has 0 fully saturated rings. The van der Waals surface area contributed by atoms with E-state index in [9.17, 15) is 0 Å². The Labute approximate surface area is 133 Å². The number of nitrogens with zero attached hydrogens (tertiary/aromatic N) is 2. The number of hydrogen-bond donors (Lipinski definition) is 0. The van der Waals surface area contributed by atoms with Crippen molar-refractivity contribution in [3.63, 3.8) is 0 Å². The van der Waals surface area contributed by atoms with Gasteiger partial charge in [-0.15, -0.1) is 0 Å². The van der Waals surface area contributed by atoms with Crippen LogP contribution in [-0.4, -0.2) is 4.98 Å². The number of rotatable bonds is 1. The van der Waals surface area contributed by atoms with Gasteiger partial charge in [-0.3, -0.25) is 4.98 Å². The molecule has 0 saturated carbocycles. The Morgan fingerprint density at radius 2 is 2.05 bits per heavy atom. The molecule has 0 amide bonds. The van der Waals surface area contributed by atoms with E-state index in [1.807, 2.05) is 42.8 Å². The molecule has 0 radical (unpaired) electrons. The van der Waals surface area contributed by atoms with Crippen molar-refractivity contribution < 1.29 is 13.1 Å². The highest BCUT2D eigenvalue weighted by Gasteiger charge is 2.20. The SMILES string of the molecule is [2H]C([2H])([2H])c1ccc(-c2c(C)ccc3oc4ccncc4c23)[n+](C)c1. The monoisotopic (exact) mass is 292 g/mol. The Bertz CT molecular complexity index is 1110. The van der Waals surface area contributed by atoms with E-state index >= 15 is 0 Å². The molecule has 0 aliphatic heterocycles. The summed E-state index contributed by atoms with van der Waals surface area (Å²) in [6, 6.07) is 9.36. The molecule has 22 heavy (non-hydrogen) atoms. The minimum absolute atomic E-state index is 0.322. The predicted octanol–water partition coefficient (Wildman–Crippen LogP) is 4.09. The molecule has 3 heteroatoms. The largest absolute Gasteiger partial charge is 0.456 e.